The molecule has 0 bridgehead atoms. The topological polar surface area (TPSA) is 54.5 Å². The first-order valence-corrected chi connectivity index (χ1v) is 9.09. The highest BCUT2D eigenvalue weighted by atomic mass is 32.2. The molecule has 5 heteroatoms. The van der Waals surface area contributed by atoms with Crippen LogP contribution in [0.15, 0.2) is 29.2 Å². The Morgan fingerprint density at radius 2 is 1.86 bits per heavy atom. The van der Waals surface area contributed by atoms with Crippen LogP contribution in [-0.4, -0.2) is 31.1 Å². The number of ketones is 1. The molecule has 116 valence electrons. The first-order chi connectivity index (χ1) is 10.0. The standard InChI is InChI=1S/C16H23NO3S/c1-3-14-7-5-6-12-17(14)21(19,20)15-10-8-13(9-11-15)16(18)4-2/h8-11,14H,3-7,12H2,1-2H3. The third-order valence-corrected chi connectivity index (χ3v) is 6.11. The van der Waals surface area contributed by atoms with Crippen molar-refractivity contribution < 1.29 is 13.2 Å². The molecule has 1 aromatic carbocycles. The number of hydrogen-bond donors (Lipinski definition) is 0. The van der Waals surface area contributed by atoms with Crippen molar-refractivity contribution in [3.05, 3.63) is 29.8 Å². The van der Waals surface area contributed by atoms with Gasteiger partial charge in [0.1, 0.15) is 0 Å². The third kappa shape index (κ3) is 3.35. The molecule has 1 saturated heterocycles. The molecule has 1 aliphatic heterocycles. The van der Waals surface area contributed by atoms with E-state index < -0.39 is 10.0 Å². The van der Waals surface area contributed by atoms with Gasteiger partial charge in [-0.2, -0.15) is 4.31 Å². The van der Waals surface area contributed by atoms with Crippen LogP contribution >= 0.6 is 0 Å². The van der Waals surface area contributed by atoms with Crippen molar-refractivity contribution >= 4 is 15.8 Å². The Hall–Kier alpha value is -1.20. The fraction of sp³-hybridized carbons (Fsp3) is 0.562. The molecule has 4 nitrogen and oxygen atoms in total. The van der Waals surface area contributed by atoms with Crippen molar-refractivity contribution in [3.8, 4) is 0 Å². The zero-order valence-corrected chi connectivity index (χ0v) is 13.5. The van der Waals surface area contributed by atoms with E-state index in [1.54, 1.807) is 35.5 Å². The molecule has 1 unspecified atom stereocenters. The molecule has 0 aliphatic carbocycles. The van der Waals surface area contributed by atoms with Gasteiger partial charge in [0.05, 0.1) is 4.90 Å². The molecule has 0 aromatic heterocycles. The summed E-state index contributed by atoms with van der Waals surface area (Å²) in [5.41, 5.74) is 0.571. The lowest BCUT2D eigenvalue weighted by molar-refractivity contribution is 0.0988. The number of nitrogens with zero attached hydrogens (tertiary/aromatic N) is 1. The minimum absolute atomic E-state index is 0.0309. The molecule has 1 atom stereocenters. The average molecular weight is 309 g/mol. The molecule has 0 N–H and O–H groups in total. The summed E-state index contributed by atoms with van der Waals surface area (Å²) < 4.78 is 27.1. The molecule has 0 amide bonds. The molecule has 0 saturated carbocycles. The number of benzene rings is 1. The average Bonchev–Trinajstić information content (AvgIpc) is 2.54. The molecule has 0 radical (unpaired) electrons. The van der Waals surface area contributed by atoms with Crippen LogP contribution in [0.3, 0.4) is 0 Å². The smallest absolute Gasteiger partial charge is 0.243 e. The van der Waals surface area contributed by atoms with Gasteiger partial charge in [0.2, 0.25) is 10.0 Å². The number of carbonyl (C=O) groups is 1. The maximum Gasteiger partial charge on any atom is 0.243 e. The molecular weight excluding hydrogens is 286 g/mol. The highest BCUT2D eigenvalue weighted by Crippen LogP contribution is 2.27. The van der Waals surface area contributed by atoms with Crippen LogP contribution in [0.5, 0.6) is 0 Å². The molecule has 2 rings (SSSR count). The van der Waals surface area contributed by atoms with Gasteiger partial charge >= 0.3 is 0 Å². The minimum Gasteiger partial charge on any atom is -0.294 e. The van der Waals surface area contributed by atoms with E-state index in [9.17, 15) is 13.2 Å². The number of piperidine rings is 1. The lowest BCUT2D eigenvalue weighted by Gasteiger charge is -2.34. The lowest BCUT2D eigenvalue weighted by atomic mass is 10.0. The summed E-state index contributed by atoms with van der Waals surface area (Å²) in [4.78, 5) is 11.9. The summed E-state index contributed by atoms with van der Waals surface area (Å²) in [5.74, 6) is 0.0309. The van der Waals surface area contributed by atoms with Crippen LogP contribution in [0.4, 0.5) is 0 Å². The predicted molar refractivity (Wildman–Crippen MR) is 82.9 cm³/mol. The van der Waals surface area contributed by atoms with Crippen molar-refractivity contribution in [2.45, 2.75) is 56.9 Å². The Balaban J connectivity index is 2.28. The summed E-state index contributed by atoms with van der Waals surface area (Å²) in [6.07, 6.45) is 4.21. The Bertz CT molecular complexity index is 592. The van der Waals surface area contributed by atoms with E-state index >= 15 is 0 Å². The second-order valence-electron chi connectivity index (χ2n) is 5.47. The first-order valence-electron chi connectivity index (χ1n) is 7.65. The van der Waals surface area contributed by atoms with Crippen molar-refractivity contribution in [2.75, 3.05) is 6.54 Å². The summed E-state index contributed by atoms with van der Waals surface area (Å²) in [7, 11) is -3.45. The molecule has 1 heterocycles. The molecule has 1 aliphatic rings. The van der Waals surface area contributed by atoms with Gasteiger partial charge in [-0.15, -0.1) is 0 Å². The fourth-order valence-electron chi connectivity index (χ4n) is 2.85. The summed E-state index contributed by atoms with van der Waals surface area (Å²) >= 11 is 0. The van der Waals surface area contributed by atoms with E-state index in [1.165, 1.54) is 0 Å². The SMILES string of the molecule is CCC(=O)c1ccc(S(=O)(=O)N2CCCCC2CC)cc1. The van der Waals surface area contributed by atoms with Gasteiger partial charge in [0.25, 0.3) is 0 Å². The fourth-order valence-corrected chi connectivity index (χ4v) is 4.62. The zero-order chi connectivity index (χ0) is 15.5. The van der Waals surface area contributed by atoms with Gasteiger partial charge in [0, 0.05) is 24.6 Å². The van der Waals surface area contributed by atoms with Crippen LogP contribution in [0, 0.1) is 0 Å². The van der Waals surface area contributed by atoms with Crippen LogP contribution in [0.1, 0.15) is 56.3 Å². The quantitative estimate of drug-likeness (QED) is 0.785. The highest BCUT2D eigenvalue weighted by molar-refractivity contribution is 7.89. The third-order valence-electron chi connectivity index (χ3n) is 4.15. The number of sulfonamides is 1. The van der Waals surface area contributed by atoms with E-state index in [2.05, 4.69) is 0 Å². The van der Waals surface area contributed by atoms with Crippen LogP contribution < -0.4 is 0 Å². The van der Waals surface area contributed by atoms with E-state index in [0.717, 1.165) is 25.7 Å². The molecule has 1 fully saturated rings. The normalized spacial score (nSPS) is 20.4. The van der Waals surface area contributed by atoms with Gasteiger partial charge in [0.15, 0.2) is 5.78 Å². The van der Waals surface area contributed by atoms with Crippen molar-refractivity contribution in [2.24, 2.45) is 0 Å². The minimum atomic E-state index is -3.45. The van der Waals surface area contributed by atoms with E-state index in [1.807, 2.05) is 6.92 Å². The monoisotopic (exact) mass is 309 g/mol. The first kappa shape index (κ1) is 16.2. The Kier molecular flexibility index (Phi) is 5.17. The van der Waals surface area contributed by atoms with E-state index in [-0.39, 0.29) is 16.7 Å². The molecular formula is C16H23NO3S. The van der Waals surface area contributed by atoms with Crippen molar-refractivity contribution in [1.82, 2.24) is 4.31 Å². The number of Topliss-reactive ketones (excluding diaryl/α,β-unsaturated/α-hetero) is 1. The Morgan fingerprint density at radius 1 is 1.19 bits per heavy atom. The maximum absolute atomic E-state index is 12.7. The predicted octanol–water partition coefficient (Wildman–Crippen LogP) is 3.23. The molecule has 1 aromatic rings. The van der Waals surface area contributed by atoms with Gasteiger partial charge in [-0.05, 0) is 31.4 Å². The molecule has 0 spiro atoms. The summed E-state index contributed by atoms with van der Waals surface area (Å²) in [6, 6.07) is 6.44. The van der Waals surface area contributed by atoms with Crippen LogP contribution in [0.2, 0.25) is 0 Å². The van der Waals surface area contributed by atoms with Gasteiger partial charge in [-0.3, -0.25) is 4.79 Å². The Morgan fingerprint density at radius 3 is 2.43 bits per heavy atom. The Labute approximate surface area is 127 Å². The highest BCUT2D eigenvalue weighted by Gasteiger charge is 2.32. The van der Waals surface area contributed by atoms with Crippen LogP contribution in [0.25, 0.3) is 0 Å². The van der Waals surface area contributed by atoms with Crippen molar-refractivity contribution in [3.63, 3.8) is 0 Å². The second kappa shape index (κ2) is 6.71. The second-order valence-corrected chi connectivity index (χ2v) is 7.37. The number of carbonyl (C=O) groups excluding carboxylic acids is 1. The molecule has 21 heavy (non-hydrogen) atoms. The van der Waals surface area contributed by atoms with Gasteiger partial charge in [-0.25, -0.2) is 8.42 Å². The van der Waals surface area contributed by atoms with Crippen LogP contribution in [-0.2, 0) is 10.0 Å². The van der Waals surface area contributed by atoms with E-state index in [4.69, 9.17) is 0 Å². The summed E-state index contributed by atoms with van der Waals surface area (Å²) in [6.45, 7) is 4.42. The number of rotatable bonds is 5. The van der Waals surface area contributed by atoms with E-state index in [0.29, 0.717) is 18.5 Å². The maximum atomic E-state index is 12.7. The van der Waals surface area contributed by atoms with Gasteiger partial charge in [-0.1, -0.05) is 32.4 Å². The van der Waals surface area contributed by atoms with Crippen molar-refractivity contribution in [1.29, 1.82) is 0 Å². The number of hydrogen-bond acceptors (Lipinski definition) is 3. The largest absolute Gasteiger partial charge is 0.294 e. The summed E-state index contributed by atoms with van der Waals surface area (Å²) in [5, 5.41) is 0. The lowest BCUT2D eigenvalue weighted by Crippen LogP contribution is -2.43. The zero-order valence-electron chi connectivity index (χ0n) is 12.7. The van der Waals surface area contributed by atoms with Gasteiger partial charge < -0.3 is 0 Å².